The molecular weight excluding hydrogens is 522 g/mol. The average Bonchev–Trinajstić information content (AvgIpc) is 3.69. The van der Waals surface area contributed by atoms with Crippen LogP contribution in [0.25, 0.3) is 33.1 Å². The summed E-state index contributed by atoms with van der Waals surface area (Å²) >= 11 is 0. The molecule has 2 fully saturated rings. The SMILES string of the molecule is C[Si](C)(C)CCOCn1cc(-c2ccc3ncc(OC4CCCCO4)cc3c2)c2c(=O)[nH]c(NCC3CC3)nc21. The fourth-order valence-corrected chi connectivity index (χ4v) is 5.75. The van der Waals surface area contributed by atoms with Crippen LogP contribution in [-0.2, 0) is 16.2 Å². The Morgan fingerprint density at radius 1 is 1.18 bits per heavy atom. The first-order valence-electron chi connectivity index (χ1n) is 14.5. The van der Waals surface area contributed by atoms with Crippen molar-refractivity contribution in [2.45, 2.75) is 70.8 Å². The molecule has 2 aliphatic rings. The lowest BCUT2D eigenvalue weighted by Gasteiger charge is -2.23. The second kappa shape index (κ2) is 11.3. The molecule has 3 aromatic heterocycles. The van der Waals surface area contributed by atoms with Crippen LogP contribution in [-0.4, -0.2) is 53.6 Å². The number of rotatable bonds is 11. The molecule has 0 spiro atoms. The number of nitrogens with one attached hydrogen (secondary N) is 2. The molecule has 1 atom stereocenters. The van der Waals surface area contributed by atoms with Gasteiger partial charge >= 0.3 is 0 Å². The summed E-state index contributed by atoms with van der Waals surface area (Å²) in [5, 5.41) is 4.81. The van der Waals surface area contributed by atoms with Crippen molar-refractivity contribution in [2.75, 3.05) is 25.1 Å². The maximum atomic E-state index is 13.4. The van der Waals surface area contributed by atoms with E-state index in [1.165, 1.54) is 12.8 Å². The van der Waals surface area contributed by atoms with Crippen molar-refractivity contribution in [3.8, 4) is 16.9 Å². The molecule has 6 rings (SSSR count). The lowest BCUT2D eigenvalue weighted by molar-refractivity contribution is -0.105. The molecule has 1 aliphatic heterocycles. The number of aromatic amines is 1. The van der Waals surface area contributed by atoms with Crippen LogP contribution in [0.3, 0.4) is 0 Å². The van der Waals surface area contributed by atoms with Crippen molar-refractivity contribution >= 4 is 36.0 Å². The van der Waals surface area contributed by atoms with Gasteiger partial charge in [-0.25, -0.2) is 0 Å². The van der Waals surface area contributed by atoms with Crippen LogP contribution in [0.4, 0.5) is 5.95 Å². The number of hydrogen-bond acceptors (Lipinski definition) is 7. The Labute approximate surface area is 235 Å². The lowest BCUT2D eigenvalue weighted by atomic mass is 10.0. The lowest BCUT2D eigenvalue weighted by Crippen LogP contribution is -2.24. The van der Waals surface area contributed by atoms with Gasteiger partial charge in [0, 0.05) is 44.8 Å². The zero-order valence-electron chi connectivity index (χ0n) is 23.7. The number of anilines is 1. The zero-order chi connectivity index (χ0) is 27.7. The summed E-state index contributed by atoms with van der Waals surface area (Å²) in [4.78, 5) is 25.8. The fraction of sp³-hybridized carbons (Fsp3) is 0.500. The van der Waals surface area contributed by atoms with Crippen molar-refractivity contribution in [1.82, 2.24) is 19.5 Å². The molecule has 1 unspecified atom stereocenters. The number of H-pyrrole nitrogens is 1. The molecule has 1 aliphatic carbocycles. The van der Waals surface area contributed by atoms with Gasteiger partial charge in [-0.2, -0.15) is 4.98 Å². The van der Waals surface area contributed by atoms with E-state index in [1.807, 2.05) is 29.0 Å². The monoisotopic (exact) mass is 561 g/mol. The number of pyridine rings is 1. The highest BCUT2D eigenvalue weighted by molar-refractivity contribution is 6.76. The molecule has 40 heavy (non-hydrogen) atoms. The number of ether oxygens (including phenoxy) is 3. The Bertz CT molecular complexity index is 1550. The second-order valence-electron chi connectivity index (χ2n) is 12.3. The standard InChI is InChI=1S/C30H39N5O4Si/c1-40(2,3)13-12-37-19-35-18-24(27-28(35)33-30(34-29(27)36)32-16-20-7-8-20)21-9-10-25-22(14-21)15-23(17-31-25)39-26-6-4-5-11-38-26/h9-10,14-15,17-18,20,26H,4-8,11-13,16,19H2,1-3H3,(H2,32,33,34,36). The van der Waals surface area contributed by atoms with Gasteiger partial charge in [-0.3, -0.25) is 14.8 Å². The van der Waals surface area contributed by atoms with E-state index >= 15 is 0 Å². The quantitative estimate of drug-likeness (QED) is 0.172. The van der Waals surface area contributed by atoms with Gasteiger partial charge in [0.1, 0.15) is 12.5 Å². The summed E-state index contributed by atoms with van der Waals surface area (Å²) in [5.74, 6) is 1.85. The van der Waals surface area contributed by atoms with Gasteiger partial charge in [-0.05, 0) is 61.4 Å². The van der Waals surface area contributed by atoms with Crippen molar-refractivity contribution in [2.24, 2.45) is 5.92 Å². The summed E-state index contributed by atoms with van der Waals surface area (Å²) < 4.78 is 19.8. The maximum Gasteiger partial charge on any atom is 0.262 e. The van der Waals surface area contributed by atoms with Crippen molar-refractivity contribution in [3.05, 3.63) is 47.0 Å². The van der Waals surface area contributed by atoms with Gasteiger partial charge in [0.05, 0.1) is 23.7 Å². The van der Waals surface area contributed by atoms with E-state index in [-0.39, 0.29) is 11.8 Å². The topological polar surface area (TPSA) is 103 Å². The Morgan fingerprint density at radius 3 is 2.83 bits per heavy atom. The smallest absolute Gasteiger partial charge is 0.262 e. The van der Waals surface area contributed by atoms with Crippen LogP contribution in [0.1, 0.15) is 32.1 Å². The number of aromatic nitrogens is 4. The molecule has 1 saturated carbocycles. The summed E-state index contributed by atoms with van der Waals surface area (Å²) in [5.41, 5.74) is 3.05. The van der Waals surface area contributed by atoms with Crippen molar-refractivity contribution in [1.29, 1.82) is 0 Å². The second-order valence-corrected chi connectivity index (χ2v) is 17.9. The number of nitrogens with zero attached hydrogens (tertiary/aromatic N) is 3. The van der Waals surface area contributed by atoms with Gasteiger partial charge in [-0.15, -0.1) is 0 Å². The van der Waals surface area contributed by atoms with Crippen LogP contribution in [0.15, 0.2) is 41.5 Å². The first-order valence-corrected chi connectivity index (χ1v) is 18.2. The summed E-state index contributed by atoms with van der Waals surface area (Å²) in [7, 11) is -1.21. The molecule has 2 N–H and O–H groups in total. The minimum Gasteiger partial charge on any atom is -0.463 e. The summed E-state index contributed by atoms with van der Waals surface area (Å²) in [6.45, 7) is 9.59. The third-order valence-electron chi connectivity index (χ3n) is 7.58. The Balaban J connectivity index is 1.33. The minimum atomic E-state index is -1.21. The van der Waals surface area contributed by atoms with Crippen LogP contribution in [0.2, 0.25) is 25.7 Å². The van der Waals surface area contributed by atoms with Gasteiger partial charge < -0.3 is 24.1 Å². The van der Waals surface area contributed by atoms with E-state index in [0.717, 1.165) is 60.5 Å². The van der Waals surface area contributed by atoms with E-state index < -0.39 is 8.07 Å². The third kappa shape index (κ3) is 6.40. The molecule has 9 nitrogen and oxygen atoms in total. The van der Waals surface area contributed by atoms with E-state index in [2.05, 4.69) is 41.0 Å². The molecule has 4 heterocycles. The van der Waals surface area contributed by atoms with E-state index in [4.69, 9.17) is 19.2 Å². The Kier molecular flexibility index (Phi) is 7.65. The third-order valence-corrected chi connectivity index (χ3v) is 9.29. The van der Waals surface area contributed by atoms with Crippen LogP contribution < -0.4 is 15.6 Å². The first kappa shape index (κ1) is 27.0. The van der Waals surface area contributed by atoms with Crippen LogP contribution in [0, 0.1) is 5.92 Å². The molecular formula is C30H39N5O4Si. The minimum absolute atomic E-state index is 0.163. The van der Waals surface area contributed by atoms with E-state index in [1.54, 1.807) is 6.20 Å². The molecule has 10 heteroatoms. The highest BCUT2D eigenvalue weighted by atomic mass is 28.3. The molecule has 1 saturated heterocycles. The number of benzene rings is 1. The average molecular weight is 562 g/mol. The van der Waals surface area contributed by atoms with Gasteiger partial charge in [0.2, 0.25) is 5.95 Å². The summed E-state index contributed by atoms with van der Waals surface area (Å²) in [6.07, 6.45) is 8.99. The fourth-order valence-electron chi connectivity index (χ4n) is 5.00. The van der Waals surface area contributed by atoms with Gasteiger partial charge in [-0.1, -0.05) is 25.7 Å². The van der Waals surface area contributed by atoms with Crippen molar-refractivity contribution < 1.29 is 14.2 Å². The molecule has 0 radical (unpaired) electrons. The zero-order valence-corrected chi connectivity index (χ0v) is 24.7. The van der Waals surface area contributed by atoms with E-state index in [0.29, 0.717) is 42.0 Å². The maximum absolute atomic E-state index is 13.4. The predicted octanol–water partition coefficient (Wildman–Crippen LogP) is 5.98. The van der Waals surface area contributed by atoms with Crippen LogP contribution in [0.5, 0.6) is 5.75 Å². The normalized spacial score (nSPS) is 17.9. The molecule has 0 bridgehead atoms. The Morgan fingerprint density at radius 2 is 2.05 bits per heavy atom. The molecule has 1 aromatic carbocycles. The highest BCUT2D eigenvalue weighted by Gasteiger charge is 2.22. The molecule has 4 aromatic rings. The van der Waals surface area contributed by atoms with Gasteiger partial charge in [0.15, 0.2) is 11.9 Å². The van der Waals surface area contributed by atoms with Crippen LogP contribution >= 0.6 is 0 Å². The number of fused-ring (bicyclic) bond motifs is 2. The predicted molar refractivity (Wildman–Crippen MR) is 161 cm³/mol. The van der Waals surface area contributed by atoms with Crippen molar-refractivity contribution in [3.63, 3.8) is 0 Å². The van der Waals surface area contributed by atoms with Gasteiger partial charge in [0.25, 0.3) is 5.56 Å². The summed E-state index contributed by atoms with van der Waals surface area (Å²) in [6, 6.07) is 9.11. The van der Waals surface area contributed by atoms with E-state index in [9.17, 15) is 4.79 Å². The number of hydrogen-bond donors (Lipinski definition) is 2. The molecule has 0 amide bonds. The first-order chi connectivity index (χ1) is 19.3. The highest BCUT2D eigenvalue weighted by Crippen LogP contribution is 2.32. The Hall–Kier alpha value is -3.21. The molecule has 212 valence electrons. The largest absolute Gasteiger partial charge is 0.463 e.